The number of aliphatic hydroxyl groups is 1. The van der Waals surface area contributed by atoms with Crippen LogP contribution in [-0.4, -0.2) is 54.4 Å². The number of hydrogen-bond acceptors (Lipinski definition) is 4. The maximum Gasteiger partial charge on any atom is 0.471 e. The number of hydrogen-bond donors (Lipinski definition) is 1. The molecule has 0 aromatic carbocycles. The lowest BCUT2D eigenvalue weighted by Crippen LogP contribution is -2.50. The number of aliphatic hydroxyl groups excluding tert-OH is 1. The van der Waals surface area contributed by atoms with Crippen LogP contribution in [0.5, 0.6) is 0 Å². The van der Waals surface area contributed by atoms with E-state index >= 15 is 0 Å². The number of carbonyl (C=O) groups is 2. The van der Waals surface area contributed by atoms with Gasteiger partial charge in [0.25, 0.3) is 0 Å². The fourth-order valence-electron chi connectivity index (χ4n) is 1.58. The molecule has 2 atom stereocenters. The van der Waals surface area contributed by atoms with Crippen LogP contribution < -0.4 is 0 Å². The van der Waals surface area contributed by atoms with Gasteiger partial charge in [-0.05, 0) is 6.42 Å². The van der Waals surface area contributed by atoms with E-state index in [0.717, 1.165) is 7.11 Å². The topological polar surface area (TPSA) is 66.8 Å². The Balaban J connectivity index is 5.08. The van der Waals surface area contributed by atoms with Crippen molar-refractivity contribution in [3.8, 4) is 0 Å². The number of carbonyl (C=O) groups excluding carboxylic acids is 2. The lowest BCUT2D eigenvalue weighted by molar-refractivity contribution is -0.189. The molecule has 8 heteroatoms. The summed E-state index contributed by atoms with van der Waals surface area (Å²) >= 11 is 0. The molecule has 0 saturated carbocycles. The Morgan fingerprint density at radius 3 is 2.21 bits per heavy atom. The van der Waals surface area contributed by atoms with E-state index in [1.54, 1.807) is 6.92 Å². The van der Waals surface area contributed by atoms with Crippen molar-refractivity contribution in [3.63, 3.8) is 0 Å². The molecule has 0 heterocycles. The van der Waals surface area contributed by atoms with Crippen molar-refractivity contribution in [2.24, 2.45) is 5.92 Å². The minimum Gasteiger partial charge on any atom is -0.469 e. The molecule has 5 nitrogen and oxygen atoms in total. The van der Waals surface area contributed by atoms with E-state index in [2.05, 4.69) is 4.74 Å². The van der Waals surface area contributed by atoms with Crippen LogP contribution in [0.1, 0.15) is 20.3 Å². The van der Waals surface area contributed by atoms with Crippen molar-refractivity contribution in [3.05, 3.63) is 0 Å². The zero-order valence-corrected chi connectivity index (χ0v) is 11.0. The van der Waals surface area contributed by atoms with Gasteiger partial charge in [0.2, 0.25) is 0 Å². The number of amides is 1. The Labute approximate surface area is 109 Å². The molecule has 112 valence electrons. The number of methoxy groups -OCH3 is 1. The number of nitrogens with zero attached hydrogens (tertiary/aromatic N) is 1. The van der Waals surface area contributed by atoms with Gasteiger partial charge in [-0.3, -0.25) is 9.59 Å². The lowest BCUT2D eigenvalue weighted by atomic mass is 10.1. The highest BCUT2D eigenvalue weighted by molar-refractivity contribution is 5.83. The molecule has 1 amide bonds. The fourth-order valence-corrected chi connectivity index (χ4v) is 1.58. The Hall–Kier alpha value is -1.31. The number of halogens is 3. The van der Waals surface area contributed by atoms with Crippen LogP contribution in [0.4, 0.5) is 13.2 Å². The van der Waals surface area contributed by atoms with Gasteiger partial charge in [-0.15, -0.1) is 0 Å². The van der Waals surface area contributed by atoms with Crippen molar-refractivity contribution in [2.45, 2.75) is 32.5 Å². The van der Waals surface area contributed by atoms with Gasteiger partial charge in [-0.1, -0.05) is 13.8 Å². The molecule has 0 rings (SSSR count). The summed E-state index contributed by atoms with van der Waals surface area (Å²) in [6.07, 6.45) is -4.90. The van der Waals surface area contributed by atoms with Crippen LogP contribution in [0.25, 0.3) is 0 Å². The molecule has 0 bridgehead atoms. The molecule has 1 N–H and O–H groups in total. The van der Waals surface area contributed by atoms with E-state index in [1.807, 2.05) is 0 Å². The Kier molecular flexibility index (Phi) is 6.82. The summed E-state index contributed by atoms with van der Waals surface area (Å²) in [5.41, 5.74) is 0. The van der Waals surface area contributed by atoms with Gasteiger partial charge in [0.1, 0.15) is 0 Å². The highest BCUT2D eigenvalue weighted by Crippen LogP contribution is 2.22. The Bertz CT molecular complexity index is 316. The van der Waals surface area contributed by atoms with Crippen molar-refractivity contribution >= 4 is 11.9 Å². The van der Waals surface area contributed by atoms with E-state index in [4.69, 9.17) is 5.11 Å². The monoisotopic (exact) mass is 285 g/mol. The summed E-state index contributed by atoms with van der Waals surface area (Å²) in [6, 6.07) is -0.985. The summed E-state index contributed by atoms with van der Waals surface area (Å²) in [6.45, 7) is 1.84. The van der Waals surface area contributed by atoms with Crippen molar-refractivity contribution < 1.29 is 32.6 Å². The zero-order valence-electron chi connectivity index (χ0n) is 11.0. The third kappa shape index (κ3) is 5.06. The minimum absolute atomic E-state index is 0.145. The largest absolute Gasteiger partial charge is 0.471 e. The summed E-state index contributed by atoms with van der Waals surface area (Å²) in [4.78, 5) is 23.0. The van der Waals surface area contributed by atoms with Gasteiger partial charge < -0.3 is 14.7 Å². The number of esters is 1. The van der Waals surface area contributed by atoms with Crippen molar-refractivity contribution in [1.29, 1.82) is 0 Å². The second kappa shape index (κ2) is 7.32. The van der Waals surface area contributed by atoms with Crippen molar-refractivity contribution in [2.75, 3.05) is 20.3 Å². The molecule has 0 aromatic heterocycles. The van der Waals surface area contributed by atoms with E-state index in [1.165, 1.54) is 6.92 Å². The van der Waals surface area contributed by atoms with Gasteiger partial charge in [-0.2, -0.15) is 13.2 Å². The standard InChI is InChI=1S/C11H18F3NO4/c1-4-8(6-16)15(10(18)11(12,13)14)5-7(2)9(17)19-3/h7-8,16H,4-6H2,1-3H3. The average molecular weight is 285 g/mol. The van der Waals surface area contributed by atoms with Crippen LogP contribution in [-0.2, 0) is 14.3 Å². The molecular weight excluding hydrogens is 267 g/mol. The van der Waals surface area contributed by atoms with Crippen LogP contribution in [0.3, 0.4) is 0 Å². The molecule has 0 aliphatic heterocycles. The maximum absolute atomic E-state index is 12.5. The Morgan fingerprint density at radius 2 is 1.89 bits per heavy atom. The second-order valence-corrected chi connectivity index (χ2v) is 4.12. The fraction of sp³-hybridized carbons (Fsp3) is 0.818. The maximum atomic E-state index is 12.5. The lowest BCUT2D eigenvalue weighted by Gasteiger charge is -2.32. The molecule has 0 spiro atoms. The van der Waals surface area contributed by atoms with Gasteiger partial charge >= 0.3 is 18.1 Å². The smallest absolute Gasteiger partial charge is 0.469 e. The first kappa shape index (κ1) is 17.7. The number of ether oxygens (including phenoxy) is 1. The van der Waals surface area contributed by atoms with E-state index < -0.39 is 43.2 Å². The van der Waals surface area contributed by atoms with Crippen LogP contribution in [0.2, 0.25) is 0 Å². The average Bonchev–Trinajstić information content (AvgIpc) is 2.35. The molecule has 0 saturated heterocycles. The zero-order chi connectivity index (χ0) is 15.2. The van der Waals surface area contributed by atoms with Crippen LogP contribution in [0, 0.1) is 5.92 Å². The summed E-state index contributed by atoms with van der Waals surface area (Å²) in [5, 5.41) is 9.04. The molecule has 2 unspecified atom stereocenters. The summed E-state index contributed by atoms with van der Waals surface area (Å²) in [5.74, 6) is -3.69. The predicted octanol–water partition coefficient (Wildman–Crippen LogP) is 0.957. The van der Waals surface area contributed by atoms with Gasteiger partial charge in [0, 0.05) is 6.54 Å². The third-order valence-electron chi connectivity index (χ3n) is 2.70. The first-order valence-electron chi connectivity index (χ1n) is 5.75. The molecule has 0 fully saturated rings. The van der Waals surface area contributed by atoms with Crippen molar-refractivity contribution in [1.82, 2.24) is 4.90 Å². The molecule has 0 aliphatic rings. The second-order valence-electron chi connectivity index (χ2n) is 4.12. The SMILES string of the molecule is CCC(CO)N(CC(C)C(=O)OC)C(=O)C(F)(F)F. The van der Waals surface area contributed by atoms with Crippen LogP contribution in [0.15, 0.2) is 0 Å². The quantitative estimate of drug-likeness (QED) is 0.738. The highest BCUT2D eigenvalue weighted by Gasteiger charge is 2.44. The number of alkyl halides is 3. The van der Waals surface area contributed by atoms with Gasteiger partial charge in [0.05, 0.1) is 25.7 Å². The third-order valence-corrected chi connectivity index (χ3v) is 2.70. The van der Waals surface area contributed by atoms with E-state index in [-0.39, 0.29) is 6.42 Å². The minimum atomic E-state index is -5.04. The molecule has 19 heavy (non-hydrogen) atoms. The number of rotatable bonds is 6. The molecule has 0 radical (unpaired) electrons. The van der Waals surface area contributed by atoms with Gasteiger partial charge in [0.15, 0.2) is 0 Å². The Morgan fingerprint density at radius 1 is 1.37 bits per heavy atom. The van der Waals surface area contributed by atoms with E-state index in [9.17, 15) is 22.8 Å². The summed E-state index contributed by atoms with van der Waals surface area (Å²) < 4.78 is 41.8. The predicted molar refractivity (Wildman–Crippen MR) is 60.1 cm³/mol. The highest BCUT2D eigenvalue weighted by atomic mass is 19.4. The van der Waals surface area contributed by atoms with Gasteiger partial charge in [-0.25, -0.2) is 0 Å². The first-order chi connectivity index (χ1) is 8.68. The first-order valence-corrected chi connectivity index (χ1v) is 5.75. The van der Waals surface area contributed by atoms with Crippen LogP contribution >= 0.6 is 0 Å². The summed E-state index contributed by atoms with van der Waals surface area (Å²) in [7, 11) is 1.11. The normalized spacial score (nSPS) is 14.7. The molecular formula is C11H18F3NO4. The molecule has 0 aromatic rings. The van der Waals surface area contributed by atoms with E-state index in [0.29, 0.717) is 4.90 Å². The molecule has 0 aliphatic carbocycles.